The van der Waals surface area contributed by atoms with Crippen LogP contribution in [-0.4, -0.2) is 8.67 Å². The van der Waals surface area contributed by atoms with E-state index in [-0.39, 0.29) is 0 Å². The van der Waals surface area contributed by atoms with Crippen molar-refractivity contribution in [3.63, 3.8) is 0 Å². The number of hydrogen-bond donors (Lipinski definition) is 0. The summed E-state index contributed by atoms with van der Waals surface area (Å²) in [6.45, 7) is 3.65. The van der Waals surface area contributed by atoms with E-state index in [4.69, 9.17) is 46.4 Å². The van der Waals surface area contributed by atoms with Crippen molar-refractivity contribution in [2.75, 3.05) is 0 Å². The van der Waals surface area contributed by atoms with Gasteiger partial charge in [0.15, 0.2) is 0 Å². The third-order valence-corrected chi connectivity index (χ3v) is 2.74. The molecule has 0 rings (SSSR count). The van der Waals surface area contributed by atoms with Crippen LogP contribution < -0.4 is 0 Å². The Morgan fingerprint density at radius 2 is 0.929 bits per heavy atom. The van der Waals surface area contributed by atoms with Crippen molar-refractivity contribution >= 4 is 46.4 Å². The zero-order chi connectivity index (χ0) is 11.2. The van der Waals surface area contributed by atoms with Gasteiger partial charge in [0.1, 0.15) is 8.67 Å². The van der Waals surface area contributed by atoms with Crippen molar-refractivity contribution in [3.8, 4) is 0 Å². The molecule has 0 aromatic carbocycles. The van der Waals surface area contributed by atoms with E-state index in [1.807, 2.05) is 13.8 Å². The number of hydrogen-bond acceptors (Lipinski definition) is 0. The maximum Gasteiger partial charge on any atom is 0.115 e. The Bertz CT molecular complexity index is 125. The molecule has 0 spiro atoms. The van der Waals surface area contributed by atoms with Gasteiger partial charge in [-0.15, -0.1) is 46.4 Å². The third kappa shape index (κ3) is 13.2. The molecule has 0 fully saturated rings. The Morgan fingerprint density at radius 1 is 0.643 bits per heavy atom. The lowest BCUT2D eigenvalue weighted by molar-refractivity contribution is 0.567. The average molecular weight is 280 g/mol. The van der Waals surface area contributed by atoms with Crippen LogP contribution in [0.15, 0.2) is 0 Å². The molecule has 0 heterocycles. The lowest BCUT2D eigenvalue weighted by Crippen LogP contribution is -2.06. The summed E-state index contributed by atoms with van der Waals surface area (Å²) in [5.74, 6) is 0. The molecule has 0 saturated carbocycles. The van der Waals surface area contributed by atoms with E-state index in [0.717, 1.165) is 38.5 Å². The summed E-state index contributed by atoms with van der Waals surface area (Å²) >= 11 is 23.4. The summed E-state index contributed by atoms with van der Waals surface area (Å²) in [7, 11) is 0. The van der Waals surface area contributed by atoms with Gasteiger partial charge in [-0.05, 0) is 26.7 Å². The van der Waals surface area contributed by atoms with Crippen LogP contribution in [0, 0.1) is 0 Å². The van der Waals surface area contributed by atoms with Crippen LogP contribution in [0.1, 0.15) is 52.4 Å². The third-order valence-electron chi connectivity index (χ3n) is 1.98. The largest absolute Gasteiger partial charge is 0.115 e. The van der Waals surface area contributed by atoms with E-state index >= 15 is 0 Å². The van der Waals surface area contributed by atoms with Crippen molar-refractivity contribution in [2.45, 2.75) is 61.0 Å². The van der Waals surface area contributed by atoms with Crippen molar-refractivity contribution in [1.29, 1.82) is 0 Å². The predicted octanol–water partition coefficient (Wildman–Crippen LogP) is 5.71. The van der Waals surface area contributed by atoms with Crippen LogP contribution >= 0.6 is 46.4 Å². The topological polar surface area (TPSA) is 0 Å². The molecule has 0 aliphatic carbocycles. The minimum atomic E-state index is -0.576. The number of rotatable bonds is 7. The van der Waals surface area contributed by atoms with Gasteiger partial charge in [0.05, 0.1) is 0 Å². The first-order valence-electron chi connectivity index (χ1n) is 4.96. The van der Waals surface area contributed by atoms with E-state index in [2.05, 4.69) is 0 Å². The van der Waals surface area contributed by atoms with Gasteiger partial charge in [-0.2, -0.15) is 0 Å². The van der Waals surface area contributed by atoms with Crippen molar-refractivity contribution in [2.24, 2.45) is 0 Å². The molecule has 14 heavy (non-hydrogen) atoms. The highest BCUT2D eigenvalue weighted by Gasteiger charge is 2.16. The summed E-state index contributed by atoms with van der Waals surface area (Å²) in [6.07, 6.45) is 6.08. The Hall–Kier alpha value is 1.16. The standard InChI is InChI=1S/C10H18Cl4/c1-9(11,12)7-5-3-4-6-8-10(2,13)14/h3-8H2,1-2H3. The van der Waals surface area contributed by atoms with Crippen LogP contribution in [0.3, 0.4) is 0 Å². The molecule has 0 aromatic heterocycles. The lowest BCUT2D eigenvalue weighted by Gasteiger charge is -2.14. The fourth-order valence-electron chi connectivity index (χ4n) is 1.22. The molecular weight excluding hydrogens is 262 g/mol. The van der Waals surface area contributed by atoms with Gasteiger partial charge in [0.2, 0.25) is 0 Å². The molecule has 0 aliphatic rings. The monoisotopic (exact) mass is 278 g/mol. The molecule has 0 radical (unpaired) electrons. The average Bonchev–Trinajstić information content (AvgIpc) is 1.92. The summed E-state index contributed by atoms with van der Waals surface area (Å²) < 4.78 is -1.15. The van der Waals surface area contributed by atoms with Gasteiger partial charge in [-0.1, -0.05) is 25.7 Å². The Labute approximate surface area is 107 Å². The molecule has 0 atom stereocenters. The van der Waals surface area contributed by atoms with E-state index < -0.39 is 8.67 Å². The minimum Gasteiger partial charge on any atom is -0.102 e. The van der Waals surface area contributed by atoms with Gasteiger partial charge in [-0.3, -0.25) is 0 Å². The second kappa shape index (κ2) is 6.68. The first kappa shape index (κ1) is 15.2. The highest BCUT2D eigenvalue weighted by atomic mass is 35.5. The Kier molecular flexibility index (Phi) is 7.23. The molecule has 86 valence electrons. The SMILES string of the molecule is CC(Cl)(Cl)CCCCCCC(C)(Cl)Cl. The molecule has 0 N–H and O–H groups in total. The second-order valence-electron chi connectivity index (χ2n) is 4.05. The smallest absolute Gasteiger partial charge is 0.102 e. The normalized spacial score (nSPS) is 13.3. The van der Waals surface area contributed by atoms with Crippen LogP contribution in [0.4, 0.5) is 0 Å². The van der Waals surface area contributed by atoms with Crippen LogP contribution in [0.2, 0.25) is 0 Å². The maximum absolute atomic E-state index is 5.84. The Balaban J connectivity index is 3.23. The zero-order valence-corrected chi connectivity index (χ0v) is 11.8. The molecule has 0 saturated heterocycles. The van der Waals surface area contributed by atoms with Crippen LogP contribution in [0.25, 0.3) is 0 Å². The van der Waals surface area contributed by atoms with E-state index in [1.165, 1.54) is 0 Å². The van der Waals surface area contributed by atoms with Crippen molar-refractivity contribution in [1.82, 2.24) is 0 Å². The van der Waals surface area contributed by atoms with E-state index in [0.29, 0.717) is 0 Å². The Morgan fingerprint density at radius 3 is 1.14 bits per heavy atom. The molecule has 0 aromatic rings. The number of alkyl halides is 4. The van der Waals surface area contributed by atoms with Crippen molar-refractivity contribution in [3.05, 3.63) is 0 Å². The van der Waals surface area contributed by atoms with Crippen LogP contribution in [0.5, 0.6) is 0 Å². The number of unbranched alkanes of at least 4 members (excludes halogenated alkanes) is 3. The van der Waals surface area contributed by atoms with Gasteiger partial charge in [0, 0.05) is 0 Å². The van der Waals surface area contributed by atoms with Gasteiger partial charge >= 0.3 is 0 Å². The molecule has 4 heteroatoms. The number of halogens is 4. The molecule has 0 amide bonds. The van der Waals surface area contributed by atoms with Gasteiger partial charge < -0.3 is 0 Å². The predicted molar refractivity (Wildman–Crippen MR) is 67.9 cm³/mol. The lowest BCUT2D eigenvalue weighted by atomic mass is 10.1. The second-order valence-corrected chi connectivity index (χ2v) is 7.78. The summed E-state index contributed by atoms with van der Waals surface area (Å²) in [4.78, 5) is 0. The fourth-order valence-corrected chi connectivity index (χ4v) is 1.76. The highest BCUT2D eigenvalue weighted by Crippen LogP contribution is 2.29. The fraction of sp³-hybridized carbons (Fsp3) is 1.00. The van der Waals surface area contributed by atoms with E-state index in [1.54, 1.807) is 0 Å². The molecule has 0 nitrogen and oxygen atoms in total. The molecule has 0 aliphatic heterocycles. The quantitative estimate of drug-likeness (QED) is 0.413. The highest BCUT2D eigenvalue weighted by molar-refractivity contribution is 6.48. The molecular formula is C10H18Cl4. The van der Waals surface area contributed by atoms with Gasteiger partial charge in [0.25, 0.3) is 0 Å². The first-order chi connectivity index (χ1) is 6.21. The van der Waals surface area contributed by atoms with E-state index in [9.17, 15) is 0 Å². The maximum atomic E-state index is 5.84. The van der Waals surface area contributed by atoms with Crippen LogP contribution in [-0.2, 0) is 0 Å². The van der Waals surface area contributed by atoms with Crippen molar-refractivity contribution < 1.29 is 0 Å². The zero-order valence-electron chi connectivity index (χ0n) is 8.75. The summed E-state index contributed by atoms with van der Waals surface area (Å²) in [5, 5.41) is 0. The summed E-state index contributed by atoms with van der Waals surface area (Å²) in [6, 6.07) is 0. The minimum absolute atomic E-state index is 0.576. The first-order valence-corrected chi connectivity index (χ1v) is 6.47. The summed E-state index contributed by atoms with van der Waals surface area (Å²) in [5.41, 5.74) is 0. The molecule has 0 unspecified atom stereocenters. The van der Waals surface area contributed by atoms with Gasteiger partial charge in [-0.25, -0.2) is 0 Å². The molecule has 0 bridgehead atoms.